The van der Waals surface area contributed by atoms with Gasteiger partial charge in [-0.25, -0.2) is 0 Å². The van der Waals surface area contributed by atoms with E-state index < -0.39 is 0 Å². The summed E-state index contributed by atoms with van der Waals surface area (Å²) in [5, 5.41) is 0. The SMILES string of the molecule is CCCCCCCCCCC1CCC(CCCCC)C(CCCCCCC)C1CCCCCCCCCC. The summed E-state index contributed by atoms with van der Waals surface area (Å²) in [7, 11) is 0. The third-order valence-corrected chi connectivity index (χ3v) is 10.3. The maximum Gasteiger partial charge on any atom is -0.0355 e. The van der Waals surface area contributed by atoms with Crippen molar-refractivity contribution in [1.82, 2.24) is 0 Å². The molecule has 1 rings (SSSR count). The highest BCUT2D eigenvalue weighted by Gasteiger charge is 2.37. The molecular weight excluding hydrogens is 456 g/mol. The quantitative estimate of drug-likeness (QED) is 0.0879. The number of hydrogen-bond donors (Lipinski definition) is 0. The van der Waals surface area contributed by atoms with Crippen LogP contribution in [0.2, 0.25) is 0 Å². The van der Waals surface area contributed by atoms with Gasteiger partial charge in [-0.15, -0.1) is 0 Å². The molecule has 1 fully saturated rings. The van der Waals surface area contributed by atoms with Gasteiger partial charge in [0.1, 0.15) is 0 Å². The number of rotatable bonds is 28. The Kier molecular flexibility index (Phi) is 25.8. The molecule has 228 valence electrons. The lowest BCUT2D eigenvalue weighted by molar-refractivity contribution is 0.0581. The van der Waals surface area contributed by atoms with Crippen molar-refractivity contribution in [2.75, 3.05) is 0 Å². The Morgan fingerprint density at radius 1 is 0.289 bits per heavy atom. The van der Waals surface area contributed by atoms with Gasteiger partial charge in [0.25, 0.3) is 0 Å². The summed E-state index contributed by atoms with van der Waals surface area (Å²) in [6.07, 6.45) is 44.7. The maximum absolute atomic E-state index is 2.39. The second kappa shape index (κ2) is 27.2. The van der Waals surface area contributed by atoms with Crippen LogP contribution in [0.5, 0.6) is 0 Å². The standard InChI is InChI=1S/C38H76/c1-5-9-13-16-18-20-23-26-30-36-34-33-35(29-25-12-8-4)37(31-27-22-15-11-7-3)38(36)32-28-24-21-19-17-14-10-6-2/h35-38H,5-34H2,1-4H3. The molecule has 0 heteroatoms. The molecule has 1 saturated carbocycles. The molecule has 0 aromatic rings. The third-order valence-electron chi connectivity index (χ3n) is 10.3. The van der Waals surface area contributed by atoms with Crippen molar-refractivity contribution in [1.29, 1.82) is 0 Å². The summed E-state index contributed by atoms with van der Waals surface area (Å²) in [6, 6.07) is 0. The highest BCUT2D eigenvalue weighted by atomic mass is 14.4. The molecule has 0 heterocycles. The minimum Gasteiger partial charge on any atom is -0.0654 e. The first kappa shape index (κ1) is 36.0. The van der Waals surface area contributed by atoms with Crippen LogP contribution in [0.3, 0.4) is 0 Å². The highest BCUT2D eigenvalue weighted by Crippen LogP contribution is 2.47. The van der Waals surface area contributed by atoms with Crippen LogP contribution < -0.4 is 0 Å². The Morgan fingerprint density at radius 2 is 0.526 bits per heavy atom. The molecule has 1 aliphatic carbocycles. The molecule has 4 atom stereocenters. The second-order valence-corrected chi connectivity index (χ2v) is 13.7. The average Bonchev–Trinajstić information content (AvgIpc) is 2.93. The van der Waals surface area contributed by atoms with E-state index in [0.717, 1.165) is 23.7 Å². The van der Waals surface area contributed by atoms with Crippen LogP contribution in [0.25, 0.3) is 0 Å². The van der Waals surface area contributed by atoms with E-state index in [1.165, 1.54) is 154 Å². The van der Waals surface area contributed by atoms with E-state index in [2.05, 4.69) is 27.7 Å². The van der Waals surface area contributed by atoms with E-state index in [-0.39, 0.29) is 0 Å². The normalized spacial score (nSPS) is 21.8. The van der Waals surface area contributed by atoms with Gasteiger partial charge in [0.15, 0.2) is 0 Å². The molecule has 0 radical (unpaired) electrons. The predicted octanol–water partition coefficient (Wildman–Crippen LogP) is 14.2. The van der Waals surface area contributed by atoms with E-state index in [1.54, 1.807) is 38.5 Å². The lowest BCUT2D eigenvalue weighted by atomic mass is 9.61. The first-order valence-corrected chi connectivity index (χ1v) is 18.8. The van der Waals surface area contributed by atoms with Crippen LogP contribution in [0.1, 0.15) is 220 Å². The van der Waals surface area contributed by atoms with E-state index in [9.17, 15) is 0 Å². The molecule has 0 aromatic heterocycles. The Balaban J connectivity index is 2.64. The van der Waals surface area contributed by atoms with Crippen molar-refractivity contribution < 1.29 is 0 Å². The Hall–Kier alpha value is 0. The molecule has 0 bridgehead atoms. The fraction of sp³-hybridized carbons (Fsp3) is 1.00. The Morgan fingerprint density at radius 3 is 0.868 bits per heavy atom. The van der Waals surface area contributed by atoms with Crippen LogP contribution in [0.4, 0.5) is 0 Å². The first-order chi connectivity index (χ1) is 18.8. The lowest BCUT2D eigenvalue weighted by Gasteiger charge is -2.44. The van der Waals surface area contributed by atoms with Crippen molar-refractivity contribution >= 4 is 0 Å². The zero-order valence-electron chi connectivity index (χ0n) is 27.5. The van der Waals surface area contributed by atoms with E-state index in [0.29, 0.717) is 0 Å². The van der Waals surface area contributed by atoms with Gasteiger partial charge in [0.2, 0.25) is 0 Å². The Bertz CT molecular complexity index is 453. The summed E-state index contributed by atoms with van der Waals surface area (Å²) in [5.74, 6) is 4.24. The molecule has 0 nitrogen and oxygen atoms in total. The molecule has 0 aromatic carbocycles. The largest absolute Gasteiger partial charge is 0.0654 e. The molecule has 0 aliphatic heterocycles. The molecule has 1 aliphatic rings. The van der Waals surface area contributed by atoms with Gasteiger partial charge in [0, 0.05) is 0 Å². The fourth-order valence-corrected chi connectivity index (χ4v) is 7.87. The summed E-state index contributed by atoms with van der Waals surface area (Å²) >= 11 is 0. The zero-order valence-corrected chi connectivity index (χ0v) is 27.5. The summed E-state index contributed by atoms with van der Waals surface area (Å²) < 4.78 is 0. The summed E-state index contributed by atoms with van der Waals surface area (Å²) in [5.41, 5.74) is 0. The zero-order chi connectivity index (χ0) is 27.5. The minimum atomic E-state index is 1.06. The van der Waals surface area contributed by atoms with Gasteiger partial charge in [-0.3, -0.25) is 0 Å². The van der Waals surface area contributed by atoms with Crippen molar-refractivity contribution in [2.45, 2.75) is 220 Å². The molecule has 38 heavy (non-hydrogen) atoms. The molecule has 0 spiro atoms. The van der Waals surface area contributed by atoms with E-state index >= 15 is 0 Å². The minimum absolute atomic E-state index is 1.06. The van der Waals surface area contributed by atoms with Gasteiger partial charge < -0.3 is 0 Å². The molecule has 0 amide bonds. The lowest BCUT2D eigenvalue weighted by Crippen LogP contribution is -2.35. The van der Waals surface area contributed by atoms with Gasteiger partial charge in [0.05, 0.1) is 0 Å². The molecule has 0 saturated heterocycles. The van der Waals surface area contributed by atoms with Crippen LogP contribution >= 0.6 is 0 Å². The smallest absolute Gasteiger partial charge is 0.0355 e. The van der Waals surface area contributed by atoms with Gasteiger partial charge >= 0.3 is 0 Å². The van der Waals surface area contributed by atoms with Gasteiger partial charge in [-0.2, -0.15) is 0 Å². The fourth-order valence-electron chi connectivity index (χ4n) is 7.87. The maximum atomic E-state index is 2.39. The van der Waals surface area contributed by atoms with Crippen molar-refractivity contribution in [3.63, 3.8) is 0 Å². The molecule has 4 unspecified atom stereocenters. The van der Waals surface area contributed by atoms with Crippen molar-refractivity contribution in [3.8, 4) is 0 Å². The second-order valence-electron chi connectivity index (χ2n) is 13.7. The number of hydrogen-bond acceptors (Lipinski definition) is 0. The first-order valence-electron chi connectivity index (χ1n) is 18.8. The monoisotopic (exact) mass is 533 g/mol. The van der Waals surface area contributed by atoms with Crippen molar-refractivity contribution in [2.24, 2.45) is 23.7 Å². The topological polar surface area (TPSA) is 0 Å². The molecular formula is C38H76. The summed E-state index contributed by atoms with van der Waals surface area (Å²) in [4.78, 5) is 0. The average molecular weight is 533 g/mol. The van der Waals surface area contributed by atoms with Gasteiger partial charge in [-0.1, -0.05) is 195 Å². The summed E-state index contributed by atoms with van der Waals surface area (Å²) in [6.45, 7) is 9.42. The van der Waals surface area contributed by atoms with E-state index in [1.807, 2.05) is 0 Å². The Labute approximate surface area is 243 Å². The van der Waals surface area contributed by atoms with Gasteiger partial charge in [-0.05, 0) is 49.4 Å². The van der Waals surface area contributed by atoms with Crippen LogP contribution in [0, 0.1) is 23.7 Å². The molecule has 0 N–H and O–H groups in total. The number of unbranched alkanes of at least 4 members (excludes halogenated alkanes) is 20. The van der Waals surface area contributed by atoms with Crippen LogP contribution in [-0.4, -0.2) is 0 Å². The third kappa shape index (κ3) is 18.4. The van der Waals surface area contributed by atoms with Crippen molar-refractivity contribution in [3.05, 3.63) is 0 Å². The van der Waals surface area contributed by atoms with Crippen LogP contribution in [-0.2, 0) is 0 Å². The van der Waals surface area contributed by atoms with Crippen LogP contribution in [0.15, 0.2) is 0 Å². The predicted molar refractivity (Wildman–Crippen MR) is 175 cm³/mol. The van der Waals surface area contributed by atoms with E-state index in [4.69, 9.17) is 0 Å². The highest BCUT2D eigenvalue weighted by molar-refractivity contribution is 4.88.